The molecule has 2 unspecified atom stereocenters. The zero-order valence-electron chi connectivity index (χ0n) is 23.3. The van der Waals surface area contributed by atoms with Gasteiger partial charge < -0.3 is 54.6 Å². The number of H-pyrrole nitrogens is 1. The zero-order valence-corrected chi connectivity index (χ0v) is 30.7. The van der Waals surface area contributed by atoms with Crippen molar-refractivity contribution in [3.63, 3.8) is 0 Å². The zero-order chi connectivity index (χ0) is 31.4. The fourth-order valence-corrected chi connectivity index (χ4v) is 6.92. The van der Waals surface area contributed by atoms with Gasteiger partial charge in [-0.05, 0) is 6.26 Å². The van der Waals surface area contributed by atoms with Gasteiger partial charge in [0.2, 0.25) is 5.91 Å². The Labute approximate surface area is 300 Å². The van der Waals surface area contributed by atoms with E-state index in [1.54, 1.807) is 6.26 Å². The summed E-state index contributed by atoms with van der Waals surface area (Å²) in [6.45, 7) is -2.06. The third-order valence-electron chi connectivity index (χ3n) is 5.81. The molecule has 2 fully saturated rings. The Balaban J connectivity index is 0.00000484. The Kier molecular flexibility index (Phi) is 18.1. The molecule has 20 nitrogen and oxygen atoms in total. The van der Waals surface area contributed by atoms with Crippen molar-refractivity contribution in [1.29, 1.82) is 0 Å². The van der Waals surface area contributed by atoms with Gasteiger partial charge >= 0.3 is 64.8 Å². The first-order valence-corrected chi connectivity index (χ1v) is 17.3. The van der Waals surface area contributed by atoms with E-state index in [0.717, 1.165) is 23.1 Å². The van der Waals surface area contributed by atoms with Crippen molar-refractivity contribution in [2.75, 3.05) is 25.2 Å². The van der Waals surface area contributed by atoms with Crippen molar-refractivity contribution in [2.24, 2.45) is 0 Å². The number of nitrogens with zero attached hydrogens (tertiary/aromatic N) is 1. The van der Waals surface area contributed by atoms with Crippen LogP contribution in [0.2, 0.25) is 0 Å². The fourth-order valence-electron chi connectivity index (χ4n) is 3.85. The molecular weight excluding hydrogens is 702 g/mol. The number of aliphatic hydroxyl groups is 5. The van der Waals surface area contributed by atoms with Gasteiger partial charge in [0, 0.05) is 12.3 Å². The van der Waals surface area contributed by atoms with Crippen LogP contribution < -0.4 is 85.5 Å². The second-order valence-corrected chi connectivity index (χ2v) is 14.1. The van der Waals surface area contributed by atoms with Crippen molar-refractivity contribution in [2.45, 2.75) is 55.2 Å². The molecule has 0 saturated carbocycles. The van der Waals surface area contributed by atoms with E-state index in [2.05, 4.69) is 18.7 Å². The summed E-state index contributed by atoms with van der Waals surface area (Å²) in [5, 5.41) is 52.5. The number of ether oxygens (including phenoxy) is 2. The Morgan fingerprint density at radius 2 is 1.70 bits per heavy atom. The van der Waals surface area contributed by atoms with Crippen molar-refractivity contribution in [3.05, 3.63) is 33.1 Å². The molecule has 0 aromatic carbocycles. The molecule has 0 spiro atoms. The van der Waals surface area contributed by atoms with Crippen LogP contribution in [0.3, 0.4) is 0 Å². The summed E-state index contributed by atoms with van der Waals surface area (Å²) in [4.78, 5) is 62.0. The minimum Gasteiger partial charge on any atom is -0.756 e. The molecule has 1 aromatic heterocycles. The quantitative estimate of drug-likeness (QED) is 0.0563. The van der Waals surface area contributed by atoms with Crippen LogP contribution >= 0.6 is 37.2 Å². The molecule has 26 heteroatoms. The number of nitrogens with one attached hydrogen (secondary N) is 2. The van der Waals surface area contributed by atoms with Gasteiger partial charge in [0.15, 0.2) is 12.5 Å². The van der Waals surface area contributed by atoms with Gasteiger partial charge in [0.1, 0.15) is 42.7 Å². The average molecular weight is 729 g/mol. The summed E-state index contributed by atoms with van der Waals surface area (Å²) in [5.41, 5.74) is -1.79. The molecule has 44 heavy (non-hydrogen) atoms. The second-order valence-electron chi connectivity index (χ2n) is 8.67. The Morgan fingerprint density at radius 1 is 1.07 bits per heavy atom. The van der Waals surface area contributed by atoms with E-state index in [1.807, 2.05) is 4.98 Å². The standard InChI is InChI=1S/C18H29N3O17P2S2.2Na/c1-41-42-6-10(24)19-11-14(27)12(25)7(4-22)36-17(11)37-40(32,33)38-39(30,31)34-5-8-13(26)15(28)16(35-8)21-3-2-9(23)20-18(21)29;;/h2-3,7-8,11-17,22,25-28H,4-6H2,1H3,(H,19,24)(H,30,31)(H,32,33)(H,20,23,29);;/q;2*+1/p-2/t7-,8-,11-,12+,13-,14-,15-,16-,17-;;/m1../s1. The predicted octanol–water partition coefficient (Wildman–Crippen LogP) is -10.9. The van der Waals surface area contributed by atoms with Gasteiger partial charge in [-0.3, -0.25) is 32.8 Å². The number of aromatic amines is 1. The minimum atomic E-state index is -5.97. The number of rotatable bonds is 13. The number of carbonyl (C=O) groups is 1. The summed E-state index contributed by atoms with van der Waals surface area (Å²) < 4.78 is 48.8. The molecule has 3 heterocycles. The van der Waals surface area contributed by atoms with Crippen molar-refractivity contribution in [1.82, 2.24) is 14.9 Å². The number of hydrogen-bond donors (Lipinski definition) is 7. The van der Waals surface area contributed by atoms with Crippen LogP contribution in [0.15, 0.2) is 21.9 Å². The Morgan fingerprint density at radius 3 is 2.30 bits per heavy atom. The maximum atomic E-state index is 12.5. The van der Waals surface area contributed by atoms with Gasteiger partial charge in [-0.1, -0.05) is 21.6 Å². The molecule has 240 valence electrons. The van der Waals surface area contributed by atoms with E-state index in [-0.39, 0.29) is 64.9 Å². The number of aliphatic hydroxyl groups excluding tert-OH is 5. The first-order valence-electron chi connectivity index (χ1n) is 11.7. The molecule has 0 radical (unpaired) electrons. The van der Waals surface area contributed by atoms with Crippen LogP contribution in [0.4, 0.5) is 0 Å². The Hall–Kier alpha value is 0.830. The molecule has 7 N–H and O–H groups in total. The van der Waals surface area contributed by atoms with Crippen LogP contribution in [-0.4, -0.2) is 115 Å². The first kappa shape index (κ1) is 42.9. The molecule has 0 aliphatic carbocycles. The largest absolute Gasteiger partial charge is 1.00 e. The SMILES string of the molecule is CSSCC(=O)N[C@H]1[C@@H](OP(=O)([O-])OP(=O)([O-])OC[C@H]2O[C@@H](n3ccc(=O)[nH]c3=O)[C@H](O)[C@@H]2O)O[C@H](CO)[C@H](O)[C@@H]1O.[Na+].[Na+]. The van der Waals surface area contributed by atoms with E-state index in [0.29, 0.717) is 4.57 Å². The summed E-state index contributed by atoms with van der Waals surface area (Å²) >= 11 is 0. The molecule has 2 aliphatic rings. The van der Waals surface area contributed by atoms with Crippen molar-refractivity contribution >= 4 is 43.1 Å². The maximum absolute atomic E-state index is 12.5. The van der Waals surface area contributed by atoms with E-state index < -0.39 is 101 Å². The third kappa shape index (κ3) is 11.5. The average Bonchev–Trinajstić information content (AvgIpc) is 3.18. The van der Waals surface area contributed by atoms with Gasteiger partial charge in [-0.25, -0.2) is 9.11 Å². The first-order chi connectivity index (χ1) is 19.6. The molecule has 2 saturated heterocycles. The van der Waals surface area contributed by atoms with Crippen molar-refractivity contribution in [3.8, 4) is 0 Å². The van der Waals surface area contributed by atoms with E-state index >= 15 is 0 Å². The van der Waals surface area contributed by atoms with Gasteiger partial charge in [-0.15, -0.1) is 0 Å². The van der Waals surface area contributed by atoms with Gasteiger partial charge in [0.05, 0.1) is 19.0 Å². The fraction of sp³-hybridized carbons (Fsp3) is 0.722. The van der Waals surface area contributed by atoms with Crippen LogP contribution in [0.5, 0.6) is 0 Å². The number of phosphoric acid groups is 2. The van der Waals surface area contributed by atoms with Gasteiger partial charge in [-0.2, -0.15) is 0 Å². The molecular formula is C18H27N3Na2O17P2S2. The number of carbonyl (C=O) groups excluding carboxylic acids is 1. The smallest absolute Gasteiger partial charge is 0.756 e. The number of phosphoric ester groups is 2. The van der Waals surface area contributed by atoms with E-state index in [4.69, 9.17) is 9.47 Å². The summed E-state index contributed by atoms with van der Waals surface area (Å²) in [6.07, 6.45) is -11.8. The van der Waals surface area contributed by atoms with Crippen LogP contribution in [0.25, 0.3) is 0 Å². The molecule has 0 bridgehead atoms. The molecule has 1 amide bonds. The molecule has 1 aromatic rings. The number of amides is 1. The predicted molar refractivity (Wildman–Crippen MR) is 136 cm³/mol. The number of hydrogen-bond acceptors (Lipinski definition) is 19. The minimum absolute atomic E-state index is 0. The maximum Gasteiger partial charge on any atom is 1.00 e. The summed E-state index contributed by atoms with van der Waals surface area (Å²) in [6, 6.07) is -0.857. The van der Waals surface area contributed by atoms with E-state index in [9.17, 15) is 58.8 Å². The van der Waals surface area contributed by atoms with Crippen LogP contribution in [-0.2, 0) is 36.8 Å². The number of aromatic nitrogens is 2. The molecule has 11 atom stereocenters. The van der Waals surface area contributed by atoms with Crippen LogP contribution in [0, 0.1) is 0 Å². The normalized spacial score (nSPS) is 32.9. The monoisotopic (exact) mass is 729 g/mol. The third-order valence-corrected chi connectivity index (χ3v) is 10.0. The summed E-state index contributed by atoms with van der Waals surface area (Å²) in [7, 11) is -9.52. The van der Waals surface area contributed by atoms with E-state index in [1.165, 1.54) is 10.8 Å². The molecule has 3 rings (SSSR count). The van der Waals surface area contributed by atoms with Crippen molar-refractivity contribution < 1.29 is 131 Å². The summed E-state index contributed by atoms with van der Waals surface area (Å²) in [5.74, 6) is -0.919. The topological polar surface area (TPSA) is 312 Å². The van der Waals surface area contributed by atoms with Gasteiger partial charge in [0.25, 0.3) is 21.2 Å². The second kappa shape index (κ2) is 18.6. The van der Waals surface area contributed by atoms with Crippen LogP contribution in [0.1, 0.15) is 6.23 Å². The molecule has 2 aliphatic heterocycles. The Bertz CT molecular complexity index is 1310.